The molecule has 6 heteroatoms. The van der Waals surface area contributed by atoms with Gasteiger partial charge in [0.15, 0.2) is 0 Å². The molecule has 0 saturated heterocycles. The summed E-state index contributed by atoms with van der Waals surface area (Å²) in [5.74, 6) is 0.00846. The van der Waals surface area contributed by atoms with Gasteiger partial charge in [0, 0.05) is 10.6 Å². The van der Waals surface area contributed by atoms with Crippen molar-refractivity contribution in [2.75, 3.05) is 18.6 Å². The van der Waals surface area contributed by atoms with Crippen molar-refractivity contribution < 1.29 is 19.1 Å². The topological polar surface area (TPSA) is 55.8 Å². The van der Waals surface area contributed by atoms with Gasteiger partial charge in [-0.15, -0.1) is 0 Å². The molecular formula is C18H16ClNO4. The Hall–Kier alpha value is -2.53. The average molecular weight is 346 g/mol. The van der Waals surface area contributed by atoms with Crippen molar-refractivity contribution in [3.63, 3.8) is 0 Å². The van der Waals surface area contributed by atoms with E-state index in [1.165, 1.54) is 7.11 Å². The number of methoxy groups -OCH3 is 1. The van der Waals surface area contributed by atoms with Crippen molar-refractivity contribution in [2.24, 2.45) is 0 Å². The number of carbonyl (C=O) groups excluding carboxylic acids is 2. The maximum Gasteiger partial charge on any atom is 0.307 e. The van der Waals surface area contributed by atoms with Gasteiger partial charge in [0.1, 0.15) is 12.4 Å². The molecule has 1 atom stereocenters. The standard InChI is InChI=1S/C18H16ClNO4/c1-23-17(21)10-14-11-24-16-5-3-2-4-15(16)20(14)18(22)12-6-8-13(19)9-7-12/h2-9,14H,10-11H2,1H3. The molecule has 1 unspecified atom stereocenters. The molecule has 0 fully saturated rings. The maximum absolute atomic E-state index is 13.0. The second-order valence-corrected chi connectivity index (χ2v) is 5.83. The molecule has 0 aromatic heterocycles. The third kappa shape index (κ3) is 3.21. The number of anilines is 1. The van der Waals surface area contributed by atoms with E-state index >= 15 is 0 Å². The molecule has 2 aromatic carbocycles. The summed E-state index contributed by atoms with van der Waals surface area (Å²) in [6.45, 7) is 0.228. The number of halogens is 1. The number of fused-ring (bicyclic) bond motifs is 1. The molecule has 1 heterocycles. The minimum absolute atomic E-state index is 0.0597. The Bertz CT molecular complexity index is 760. The fourth-order valence-corrected chi connectivity index (χ4v) is 2.79. The van der Waals surface area contributed by atoms with E-state index in [0.717, 1.165) is 0 Å². The van der Waals surface area contributed by atoms with Crippen LogP contribution in [0.1, 0.15) is 16.8 Å². The zero-order valence-electron chi connectivity index (χ0n) is 13.1. The van der Waals surface area contributed by atoms with Crippen LogP contribution in [0.2, 0.25) is 5.02 Å². The first kappa shape index (κ1) is 16.3. The van der Waals surface area contributed by atoms with E-state index < -0.39 is 12.0 Å². The van der Waals surface area contributed by atoms with Crippen molar-refractivity contribution in [3.8, 4) is 5.75 Å². The summed E-state index contributed by atoms with van der Waals surface area (Å²) in [6, 6.07) is 13.5. The molecule has 0 spiro atoms. The highest BCUT2D eigenvalue weighted by atomic mass is 35.5. The number of rotatable bonds is 3. The molecule has 0 bridgehead atoms. The van der Waals surface area contributed by atoms with Crippen LogP contribution in [0.3, 0.4) is 0 Å². The van der Waals surface area contributed by atoms with Crippen LogP contribution in [0, 0.1) is 0 Å². The molecule has 1 aliphatic heterocycles. The van der Waals surface area contributed by atoms with Crippen LogP contribution >= 0.6 is 11.6 Å². The summed E-state index contributed by atoms with van der Waals surface area (Å²) in [4.78, 5) is 26.3. The van der Waals surface area contributed by atoms with Gasteiger partial charge < -0.3 is 9.47 Å². The Morgan fingerprint density at radius 1 is 1.21 bits per heavy atom. The molecule has 0 aliphatic carbocycles. The molecule has 0 N–H and O–H groups in total. The smallest absolute Gasteiger partial charge is 0.307 e. The Morgan fingerprint density at radius 3 is 2.62 bits per heavy atom. The van der Waals surface area contributed by atoms with Gasteiger partial charge in [-0.05, 0) is 36.4 Å². The fraction of sp³-hybridized carbons (Fsp3) is 0.222. The van der Waals surface area contributed by atoms with Crippen LogP contribution in [0.5, 0.6) is 5.75 Å². The summed E-state index contributed by atoms with van der Waals surface area (Å²) in [5, 5.41) is 0.556. The predicted molar refractivity (Wildman–Crippen MR) is 90.6 cm³/mol. The highest BCUT2D eigenvalue weighted by Crippen LogP contribution is 2.35. The summed E-state index contributed by atoms with van der Waals surface area (Å²) < 4.78 is 10.4. The Morgan fingerprint density at radius 2 is 1.92 bits per heavy atom. The Balaban J connectivity index is 1.99. The van der Waals surface area contributed by atoms with Gasteiger partial charge in [-0.2, -0.15) is 0 Å². The number of carbonyl (C=O) groups is 2. The number of para-hydroxylation sites is 2. The number of hydrogen-bond donors (Lipinski definition) is 0. The van der Waals surface area contributed by atoms with Crippen LogP contribution in [-0.4, -0.2) is 31.6 Å². The van der Waals surface area contributed by atoms with Crippen LogP contribution < -0.4 is 9.64 Å². The maximum atomic E-state index is 13.0. The lowest BCUT2D eigenvalue weighted by Gasteiger charge is -2.36. The Labute approximate surface area is 144 Å². The van der Waals surface area contributed by atoms with E-state index in [4.69, 9.17) is 21.1 Å². The number of hydrogen-bond acceptors (Lipinski definition) is 4. The molecule has 3 rings (SSSR count). The first-order chi connectivity index (χ1) is 11.6. The molecule has 0 radical (unpaired) electrons. The molecule has 24 heavy (non-hydrogen) atoms. The molecule has 5 nitrogen and oxygen atoms in total. The van der Waals surface area contributed by atoms with Gasteiger partial charge in [0.25, 0.3) is 5.91 Å². The quantitative estimate of drug-likeness (QED) is 0.801. The second-order valence-electron chi connectivity index (χ2n) is 5.39. The third-order valence-electron chi connectivity index (χ3n) is 3.86. The Kier molecular flexibility index (Phi) is 4.71. The van der Waals surface area contributed by atoms with E-state index in [1.54, 1.807) is 41.3 Å². The summed E-state index contributed by atoms with van der Waals surface area (Å²) >= 11 is 5.89. The van der Waals surface area contributed by atoms with Crippen LogP contribution in [0.25, 0.3) is 0 Å². The zero-order valence-corrected chi connectivity index (χ0v) is 13.8. The third-order valence-corrected chi connectivity index (χ3v) is 4.11. The van der Waals surface area contributed by atoms with E-state index in [9.17, 15) is 9.59 Å². The number of nitrogens with zero attached hydrogens (tertiary/aromatic N) is 1. The number of ether oxygens (including phenoxy) is 2. The highest BCUT2D eigenvalue weighted by molar-refractivity contribution is 6.30. The number of esters is 1. The van der Waals surface area contributed by atoms with Crippen molar-refractivity contribution in [1.82, 2.24) is 0 Å². The van der Waals surface area contributed by atoms with Crippen molar-refractivity contribution >= 4 is 29.2 Å². The molecule has 2 aromatic rings. The molecular weight excluding hydrogens is 330 g/mol. The van der Waals surface area contributed by atoms with Crippen LogP contribution in [0.15, 0.2) is 48.5 Å². The summed E-state index contributed by atoms with van der Waals surface area (Å²) in [6.07, 6.45) is 0.0597. The summed E-state index contributed by atoms with van der Waals surface area (Å²) in [7, 11) is 1.32. The average Bonchev–Trinajstić information content (AvgIpc) is 2.61. The largest absolute Gasteiger partial charge is 0.489 e. The number of amides is 1. The van der Waals surface area contributed by atoms with Crippen molar-refractivity contribution in [1.29, 1.82) is 0 Å². The number of benzene rings is 2. The lowest BCUT2D eigenvalue weighted by Crippen LogP contribution is -2.48. The van der Waals surface area contributed by atoms with Crippen LogP contribution in [0.4, 0.5) is 5.69 Å². The fourth-order valence-electron chi connectivity index (χ4n) is 2.67. The van der Waals surface area contributed by atoms with Gasteiger partial charge in [-0.1, -0.05) is 23.7 Å². The minimum Gasteiger partial charge on any atom is -0.489 e. The van der Waals surface area contributed by atoms with E-state index in [2.05, 4.69) is 0 Å². The SMILES string of the molecule is COC(=O)CC1COc2ccccc2N1C(=O)c1ccc(Cl)cc1. The van der Waals surface area contributed by atoms with E-state index in [0.29, 0.717) is 22.0 Å². The van der Waals surface area contributed by atoms with Gasteiger partial charge in [-0.3, -0.25) is 14.5 Å². The van der Waals surface area contributed by atoms with E-state index in [-0.39, 0.29) is 18.9 Å². The lowest BCUT2D eigenvalue weighted by atomic mass is 10.1. The van der Waals surface area contributed by atoms with Crippen molar-refractivity contribution in [2.45, 2.75) is 12.5 Å². The van der Waals surface area contributed by atoms with Gasteiger partial charge in [0.05, 0.1) is 25.3 Å². The van der Waals surface area contributed by atoms with Gasteiger partial charge in [0.2, 0.25) is 0 Å². The predicted octanol–water partition coefficient (Wildman–Crippen LogP) is 3.31. The van der Waals surface area contributed by atoms with E-state index in [1.807, 2.05) is 12.1 Å². The molecule has 1 aliphatic rings. The minimum atomic E-state index is -0.435. The first-order valence-electron chi connectivity index (χ1n) is 7.48. The molecule has 0 saturated carbocycles. The summed E-state index contributed by atoms with van der Waals surface area (Å²) in [5.41, 5.74) is 1.13. The van der Waals surface area contributed by atoms with Crippen molar-refractivity contribution in [3.05, 3.63) is 59.1 Å². The monoisotopic (exact) mass is 345 g/mol. The van der Waals surface area contributed by atoms with Gasteiger partial charge >= 0.3 is 5.97 Å². The van der Waals surface area contributed by atoms with Crippen LogP contribution in [-0.2, 0) is 9.53 Å². The highest BCUT2D eigenvalue weighted by Gasteiger charge is 2.34. The first-order valence-corrected chi connectivity index (χ1v) is 7.85. The van der Waals surface area contributed by atoms with Gasteiger partial charge in [-0.25, -0.2) is 0 Å². The zero-order chi connectivity index (χ0) is 17.1. The normalized spacial score (nSPS) is 16.1. The molecule has 124 valence electrons. The second kappa shape index (κ2) is 6.93. The molecule has 1 amide bonds. The lowest BCUT2D eigenvalue weighted by molar-refractivity contribution is -0.141.